The van der Waals surface area contributed by atoms with Gasteiger partial charge in [0.1, 0.15) is 0 Å². The van der Waals surface area contributed by atoms with Crippen LogP contribution in [0.3, 0.4) is 0 Å². The molecule has 1 saturated carbocycles. The smallest absolute Gasteiger partial charge is 0.340 e. The number of nitrogens with two attached hydrogens (primary N) is 1. The van der Waals surface area contributed by atoms with Gasteiger partial charge in [-0.1, -0.05) is 12.8 Å². The zero-order valence-corrected chi connectivity index (χ0v) is 12.3. The van der Waals surface area contributed by atoms with E-state index in [2.05, 4.69) is 12.2 Å². The number of hydrogen-bond acceptors (Lipinski definition) is 4. The largest absolute Gasteiger partial charge is 0.462 e. The van der Waals surface area contributed by atoms with Gasteiger partial charge in [-0.05, 0) is 50.8 Å². The standard InChI is InChI=1S/C16H24N2O2/c1-3-20-16(19)14-10-13(8-9-15(14)17)18-11(2)12-6-4-5-7-12/h8-12,18H,3-7,17H2,1-2H3. The van der Waals surface area contributed by atoms with Crippen molar-refractivity contribution in [3.05, 3.63) is 23.8 Å². The number of ether oxygens (including phenoxy) is 1. The molecule has 110 valence electrons. The van der Waals surface area contributed by atoms with E-state index in [9.17, 15) is 4.79 Å². The zero-order chi connectivity index (χ0) is 14.5. The Kier molecular flexibility index (Phi) is 4.88. The molecule has 1 aliphatic rings. The number of carbonyl (C=O) groups is 1. The Bertz CT molecular complexity index is 468. The second kappa shape index (κ2) is 6.64. The van der Waals surface area contributed by atoms with Gasteiger partial charge in [-0.2, -0.15) is 0 Å². The highest BCUT2D eigenvalue weighted by Crippen LogP contribution is 2.29. The molecule has 0 aromatic heterocycles. The molecule has 0 spiro atoms. The monoisotopic (exact) mass is 276 g/mol. The lowest BCUT2D eigenvalue weighted by Crippen LogP contribution is -2.24. The summed E-state index contributed by atoms with van der Waals surface area (Å²) in [7, 11) is 0. The van der Waals surface area contributed by atoms with Crippen LogP contribution < -0.4 is 11.1 Å². The summed E-state index contributed by atoms with van der Waals surface area (Å²) >= 11 is 0. The first-order valence-electron chi connectivity index (χ1n) is 7.45. The molecule has 0 aliphatic heterocycles. The number of nitrogen functional groups attached to an aromatic ring is 1. The van der Waals surface area contributed by atoms with Crippen molar-refractivity contribution in [2.45, 2.75) is 45.6 Å². The molecule has 1 unspecified atom stereocenters. The first-order chi connectivity index (χ1) is 9.61. The molecule has 1 aromatic carbocycles. The number of nitrogens with one attached hydrogen (secondary N) is 1. The summed E-state index contributed by atoms with van der Waals surface area (Å²) in [4.78, 5) is 11.8. The summed E-state index contributed by atoms with van der Waals surface area (Å²) in [6.07, 6.45) is 5.22. The Morgan fingerprint density at radius 2 is 2.15 bits per heavy atom. The van der Waals surface area contributed by atoms with Crippen LogP contribution in [-0.2, 0) is 4.74 Å². The van der Waals surface area contributed by atoms with Crippen molar-refractivity contribution in [1.82, 2.24) is 0 Å². The molecule has 0 radical (unpaired) electrons. The topological polar surface area (TPSA) is 64.3 Å². The quantitative estimate of drug-likeness (QED) is 0.638. The fourth-order valence-corrected chi connectivity index (χ4v) is 2.87. The molecule has 4 nitrogen and oxygen atoms in total. The minimum absolute atomic E-state index is 0.356. The van der Waals surface area contributed by atoms with Gasteiger partial charge in [0.15, 0.2) is 0 Å². The maximum atomic E-state index is 11.8. The van der Waals surface area contributed by atoms with E-state index in [0.717, 1.165) is 11.6 Å². The third kappa shape index (κ3) is 3.44. The number of carbonyl (C=O) groups excluding carboxylic acids is 1. The van der Waals surface area contributed by atoms with Crippen LogP contribution in [0.25, 0.3) is 0 Å². The maximum absolute atomic E-state index is 11.8. The minimum atomic E-state index is -0.359. The van der Waals surface area contributed by atoms with E-state index < -0.39 is 0 Å². The fraction of sp³-hybridized carbons (Fsp3) is 0.562. The van der Waals surface area contributed by atoms with Crippen LogP contribution >= 0.6 is 0 Å². The van der Waals surface area contributed by atoms with Crippen LogP contribution in [0.2, 0.25) is 0 Å². The molecule has 2 rings (SSSR count). The highest BCUT2D eigenvalue weighted by Gasteiger charge is 2.21. The minimum Gasteiger partial charge on any atom is -0.462 e. The van der Waals surface area contributed by atoms with Crippen molar-refractivity contribution in [2.75, 3.05) is 17.7 Å². The normalized spacial score (nSPS) is 16.9. The molecule has 1 aromatic rings. The van der Waals surface area contributed by atoms with Crippen molar-refractivity contribution in [3.8, 4) is 0 Å². The summed E-state index contributed by atoms with van der Waals surface area (Å²) in [5, 5.41) is 3.49. The molecule has 3 N–H and O–H groups in total. The van der Waals surface area contributed by atoms with Crippen molar-refractivity contribution in [3.63, 3.8) is 0 Å². The molecule has 4 heteroatoms. The Balaban J connectivity index is 2.08. The number of benzene rings is 1. The molecule has 1 fully saturated rings. The molecule has 1 atom stereocenters. The van der Waals surface area contributed by atoms with Gasteiger partial charge in [-0.3, -0.25) is 0 Å². The van der Waals surface area contributed by atoms with Gasteiger partial charge >= 0.3 is 5.97 Å². The first kappa shape index (κ1) is 14.7. The predicted octanol–water partition coefficient (Wildman–Crippen LogP) is 3.44. The highest BCUT2D eigenvalue weighted by molar-refractivity contribution is 5.96. The van der Waals surface area contributed by atoms with E-state index in [4.69, 9.17) is 10.5 Å². The van der Waals surface area contributed by atoms with Crippen molar-refractivity contribution in [1.29, 1.82) is 0 Å². The Morgan fingerprint density at radius 3 is 2.80 bits per heavy atom. The van der Waals surface area contributed by atoms with Crippen molar-refractivity contribution in [2.24, 2.45) is 5.92 Å². The molecule has 0 bridgehead atoms. The SMILES string of the molecule is CCOC(=O)c1cc(NC(C)C2CCCC2)ccc1N. The summed E-state index contributed by atoms with van der Waals surface area (Å²) in [5.41, 5.74) is 7.68. The summed E-state index contributed by atoms with van der Waals surface area (Å²) in [5.74, 6) is 0.362. The van der Waals surface area contributed by atoms with E-state index in [0.29, 0.717) is 23.9 Å². The average molecular weight is 276 g/mol. The molecular formula is C16H24N2O2. The van der Waals surface area contributed by atoms with Gasteiger partial charge in [0.25, 0.3) is 0 Å². The number of hydrogen-bond donors (Lipinski definition) is 2. The lowest BCUT2D eigenvalue weighted by atomic mass is 9.99. The third-order valence-electron chi connectivity index (χ3n) is 4.05. The van der Waals surface area contributed by atoms with Crippen LogP contribution in [0, 0.1) is 5.92 Å². The van der Waals surface area contributed by atoms with Gasteiger partial charge in [-0.15, -0.1) is 0 Å². The summed E-state index contributed by atoms with van der Waals surface area (Å²) < 4.78 is 5.02. The molecule has 0 heterocycles. The van der Waals surface area contributed by atoms with Crippen molar-refractivity contribution < 1.29 is 9.53 Å². The molecule has 1 aliphatic carbocycles. The van der Waals surface area contributed by atoms with E-state index >= 15 is 0 Å². The van der Waals surface area contributed by atoms with E-state index in [-0.39, 0.29) is 5.97 Å². The molecule has 0 saturated heterocycles. The lowest BCUT2D eigenvalue weighted by molar-refractivity contribution is 0.0527. The number of rotatable bonds is 5. The van der Waals surface area contributed by atoms with Crippen LogP contribution in [-0.4, -0.2) is 18.6 Å². The van der Waals surface area contributed by atoms with E-state index in [1.54, 1.807) is 19.1 Å². The fourth-order valence-electron chi connectivity index (χ4n) is 2.87. The lowest BCUT2D eigenvalue weighted by Gasteiger charge is -2.22. The number of anilines is 2. The maximum Gasteiger partial charge on any atom is 0.340 e. The van der Waals surface area contributed by atoms with Gasteiger partial charge in [-0.25, -0.2) is 4.79 Å². The molecular weight excluding hydrogens is 252 g/mol. The second-order valence-corrected chi connectivity index (χ2v) is 5.50. The third-order valence-corrected chi connectivity index (χ3v) is 4.05. The van der Waals surface area contributed by atoms with Gasteiger partial charge in [0, 0.05) is 17.4 Å². The van der Waals surface area contributed by atoms with Crippen molar-refractivity contribution >= 4 is 17.3 Å². The highest BCUT2D eigenvalue weighted by atomic mass is 16.5. The average Bonchev–Trinajstić information content (AvgIpc) is 2.95. The molecule has 20 heavy (non-hydrogen) atoms. The van der Waals surface area contributed by atoms with Gasteiger partial charge < -0.3 is 15.8 Å². The Labute approximate surface area is 120 Å². The Hall–Kier alpha value is -1.71. The summed E-state index contributed by atoms with van der Waals surface area (Å²) in [6, 6.07) is 5.88. The Morgan fingerprint density at radius 1 is 1.45 bits per heavy atom. The van der Waals surface area contributed by atoms with Gasteiger partial charge in [0.05, 0.1) is 12.2 Å². The summed E-state index contributed by atoms with van der Waals surface area (Å²) in [6.45, 7) is 4.35. The van der Waals surface area contributed by atoms with Crippen LogP contribution in [0.5, 0.6) is 0 Å². The predicted molar refractivity (Wildman–Crippen MR) is 81.9 cm³/mol. The van der Waals surface area contributed by atoms with E-state index in [1.807, 2.05) is 6.07 Å². The van der Waals surface area contributed by atoms with Crippen LogP contribution in [0.15, 0.2) is 18.2 Å². The second-order valence-electron chi connectivity index (χ2n) is 5.50. The first-order valence-corrected chi connectivity index (χ1v) is 7.45. The molecule has 0 amide bonds. The van der Waals surface area contributed by atoms with E-state index in [1.165, 1.54) is 25.7 Å². The number of esters is 1. The zero-order valence-electron chi connectivity index (χ0n) is 12.3. The van der Waals surface area contributed by atoms with Crippen LogP contribution in [0.4, 0.5) is 11.4 Å². The van der Waals surface area contributed by atoms with Gasteiger partial charge in [0.2, 0.25) is 0 Å². The van der Waals surface area contributed by atoms with Crippen LogP contribution in [0.1, 0.15) is 49.9 Å².